The molecular weight excluding hydrogens is 456 g/mol. The van der Waals surface area contributed by atoms with Crippen molar-refractivity contribution in [2.24, 2.45) is 10.2 Å². The number of nitrogens with two attached hydrogens (primary N) is 1. The molecule has 8 nitrogen and oxygen atoms in total. The highest BCUT2D eigenvalue weighted by Gasteiger charge is 2.30. The fraction of sp³-hybridized carbons (Fsp3) is 0.150. The first-order valence-electron chi connectivity index (χ1n) is 9.21. The number of nitrogens with zero attached hydrogens (tertiary/aromatic N) is 2. The molecule has 1 atom stereocenters. The predicted molar refractivity (Wildman–Crippen MR) is 123 cm³/mol. The maximum Gasteiger partial charge on any atom is 0.238 e. The molecule has 1 unspecified atom stereocenters. The van der Waals surface area contributed by atoms with Crippen LogP contribution in [0.3, 0.4) is 0 Å². The topological polar surface area (TPSA) is 122 Å². The standard InChI is InChI=1S/C20H20N4O4S3/c1-30(25,26)23-15-6-4-14(5-7-15)18-13-19(20-3-2-12-29-20)24(22-18)16-8-10-17(11-9-16)31(21,27)28/h2-12,19,23H,13H2,1H3,(H2,21,27,28). The van der Waals surface area contributed by atoms with Crippen LogP contribution in [-0.2, 0) is 20.0 Å². The second-order valence-electron chi connectivity index (χ2n) is 7.12. The van der Waals surface area contributed by atoms with Gasteiger partial charge in [-0.1, -0.05) is 18.2 Å². The number of sulfonamides is 2. The SMILES string of the molecule is CS(=O)(=O)Nc1ccc(C2=NN(c3ccc(S(N)(=O)=O)cc3)C(c3cccs3)C2)cc1. The molecule has 2 aromatic carbocycles. The van der Waals surface area contributed by atoms with Crippen LogP contribution in [0.5, 0.6) is 0 Å². The van der Waals surface area contributed by atoms with Crippen molar-refractivity contribution < 1.29 is 16.8 Å². The summed E-state index contributed by atoms with van der Waals surface area (Å²) in [6, 6.07) is 17.3. The number of primary sulfonamides is 1. The molecule has 0 saturated carbocycles. The fourth-order valence-corrected chi connectivity index (χ4v) is 5.25. The Balaban J connectivity index is 1.67. The molecule has 3 N–H and O–H groups in total. The van der Waals surface area contributed by atoms with Crippen molar-refractivity contribution in [3.8, 4) is 0 Å². The van der Waals surface area contributed by atoms with Gasteiger partial charge in [-0.3, -0.25) is 9.73 Å². The third-order valence-corrected chi connectivity index (χ3v) is 7.24. The second-order valence-corrected chi connectivity index (χ2v) is 11.4. The predicted octanol–water partition coefficient (Wildman–Crippen LogP) is 3.12. The first-order valence-corrected chi connectivity index (χ1v) is 13.5. The zero-order chi connectivity index (χ0) is 22.2. The minimum atomic E-state index is -3.77. The van der Waals surface area contributed by atoms with E-state index in [0.717, 1.165) is 28.1 Å². The maximum atomic E-state index is 11.6. The molecule has 1 aliphatic rings. The number of nitrogens with one attached hydrogen (secondary N) is 1. The molecule has 1 aliphatic heterocycles. The van der Waals surface area contributed by atoms with Crippen LogP contribution in [-0.4, -0.2) is 28.8 Å². The number of hydrogen-bond acceptors (Lipinski definition) is 7. The quantitative estimate of drug-likeness (QED) is 0.566. The zero-order valence-electron chi connectivity index (χ0n) is 16.5. The lowest BCUT2D eigenvalue weighted by atomic mass is 10.0. The van der Waals surface area contributed by atoms with E-state index in [9.17, 15) is 16.8 Å². The van der Waals surface area contributed by atoms with E-state index in [1.165, 1.54) is 12.1 Å². The van der Waals surface area contributed by atoms with Gasteiger partial charge in [0.25, 0.3) is 0 Å². The van der Waals surface area contributed by atoms with Crippen molar-refractivity contribution in [2.75, 3.05) is 16.0 Å². The monoisotopic (exact) mass is 476 g/mol. The highest BCUT2D eigenvalue weighted by molar-refractivity contribution is 7.92. The van der Waals surface area contributed by atoms with Gasteiger partial charge in [0.15, 0.2) is 0 Å². The highest BCUT2D eigenvalue weighted by Crippen LogP contribution is 2.38. The summed E-state index contributed by atoms with van der Waals surface area (Å²) < 4.78 is 48.4. The normalized spacial score (nSPS) is 16.9. The molecule has 0 saturated heterocycles. The van der Waals surface area contributed by atoms with Crippen LogP contribution < -0.4 is 14.9 Å². The van der Waals surface area contributed by atoms with Crippen LogP contribution in [0.4, 0.5) is 11.4 Å². The molecule has 1 aromatic heterocycles. The Morgan fingerprint density at radius 2 is 1.71 bits per heavy atom. The molecule has 4 rings (SSSR count). The first kappa shape index (κ1) is 21.5. The van der Waals surface area contributed by atoms with Gasteiger partial charge in [-0.2, -0.15) is 5.10 Å². The van der Waals surface area contributed by atoms with E-state index in [1.807, 2.05) is 34.7 Å². The lowest BCUT2D eigenvalue weighted by molar-refractivity contribution is 0.597. The minimum Gasteiger partial charge on any atom is -0.284 e. The van der Waals surface area contributed by atoms with E-state index in [0.29, 0.717) is 12.1 Å². The molecule has 0 aliphatic carbocycles. The Bertz CT molecular complexity index is 1320. The Morgan fingerprint density at radius 3 is 2.26 bits per heavy atom. The smallest absolute Gasteiger partial charge is 0.238 e. The van der Waals surface area contributed by atoms with E-state index in [-0.39, 0.29) is 10.9 Å². The molecular formula is C20H20N4O4S3. The van der Waals surface area contributed by atoms with E-state index < -0.39 is 20.0 Å². The molecule has 0 bridgehead atoms. The minimum absolute atomic E-state index is 0.0378. The van der Waals surface area contributed by atoms with Gasteiger partial charge in [0.1, 0.15) is 0 Å². The average molecular weight is 477 g/mol. The zero-order valence-corrected chi connectivity index (χ0v) is 18.9. The van der Waals surface area contributed by atoms with Crippen molar-refractivity contribution in [3.05, 3.63) is 76.5 Å². The third-order valence-electron chi connectivity index (χ3n) is 4.73. The molecule has 0 amide bonds. The summed E-state index contributed by atoms with van der Waals surface area (Å²) in [5.41, 5.74) is 2.95. The summed E-state index contributed by atoms with van der Waals surface area (Å²) in [5.74, 6) is 0. The summed E-state index contributed by atoms with van der Waals surface area (Å²) in [4.78, 5) is 1.17. The molecule has 162 valence electrons. The van der Waals surface area contributed by atoms with Crippen molar-refractivity contribution in [1.29, 1.82) is 0 Å². The lowest BCUT2D eigenvalue weighted by Crippen LogP contribution is -2.18. The van der Waals surface area contributed by atoms with Gasteiger partial charge in [0.05, 0.1) is 28.6 Å². The number of anilines is 2. The molecule has 31 heavy (non-hydrogen) atoms. The highest BCUT2D eigenvalue weighted by atomic mass is 32.2. The van der Waals surface area contributed by atoms with Crippen molar-refractivity contribution >= 4 is 48.5 Å². The van der Waals surface area contributed by atoms with E-state index >= 15 is 0 Å². The summed E-state index contributed by atoms with van der Waals surface area (Å²) >= 11 is 1.62. The Morgan fingerprint density at radius 1 is 1.03 bits per heavy atom. The summed E-state index contributed by atoms with van der Waals surface area (Å²) in [6.45, 7) is 0. The van der Waals surface area contributed by atoms with E-state index in [4.69, 9.17) is 10.2 Å². The Hall–Kier alpha value is -2.73. The largest absolute Gasteiger partial charge is 0.284 e. The average Bonchev–Trinajstić information content (AvgIpc) is 3.36. The van der Waals surface area contributed by atoms with Gasteiger partial charge in [-0.25, -0.2) is 22.0 Å². The third kappa shape index (κ3) is 4.96. The number of benzene rings is 2. The lowest BCUT2D eigenvalue weighted by Gasteiger charge is -2.22. The van der Waals surface area contributed by atoms with E-state index in [2.05, 4.69) is 4.72 Å². The Kier molecular flexibility index (Phi) is 5.60. The van der Waals surface area contributed by atoms with Gasteiger partial charge in [-0.05, 0) is 53.4 Å². The van der Waals surface area contributed by atoms with Crippen LogP contribution >= 0.6 is 11.3 Å². The molecule has 0 fully saturated rings. The van der Waals surface area contributed by atoms with Crippen molar-refractivity contribution in [1.82, 2.24) is 0 Å². The van der Waals surface area contributed by atoms with Crippen LogP contribution in [0, 0.1) is 0 Å². The molecule has 2 heterocycles. The van der Waals surface area contributed by atoms with Crippen molar-refractivity contribution in [3.63, 3.8) is 0 Å². The second kappa shape index (κ2) is 8.08. The van der Waals surface area contributed by atoms with Crippen LogP contribution in [0.1, 0.15) is 22.9 Å². The maximum absolute atomic E-state index is 11.6. The summed E-state index contributed by atoms with van der Waals surface area (Å²) in [6.07, 6.45) is 1.75. The van der Waals surface area contributed by atoms with E-state index in [1.54, 1.807) is 35.6 Å². The van der Waals surface area contributed by atoms with Crippen molar-refractivity contribution in [2.45, 2.75) is 17.4 Å². The molecule has 0 radical (unpaired) electrons. The van der Waals surface area contributed by atoms with Crippen LogP contribution in [0.25, 0.3) is 0 Å². The number of hydrogen-bond donors (Lipinski definition) is 2. The van der Waals surface area contributed by atoms with Gasteiger partial charge in [0.2, 0.25) is 20.0 Å². The van der Waals surface area contributed by atoms with Gasteiger partial charge in [0, 0.05) is 17.0 Å². The van der Waals surface area contributed by atoms with Gasteiger partial charge < -0.3 is 0 Å². The number of thiophene rings is 1. The number of hydrazone groups is 1. The summed E-state index contributed by atoms with van der Waals surface area (Å²) in [7, 11) is -7.12. The molecule has 0 spiro atoms. The van der Waals surface area contributed by atoms with Crippen LogP contribution in [0.15, 0.2) is 76.0 Å². The molecule has 11 heteroatoms. The van der Waals surface area contributed by atoms with Gasteiger partial charge >= 0.3 is 0 Å². The number of rotatable bonds is 6. The van der Waals surface area contributed by atoms with Gasteiger partial charge in [-0.15, -0.1) is 11.3 Å². The summed E-state index contributed by atoms with van der Waals surface area (Å²) in [5, 5.41) is 13.9. The van der Waals surface area contributed by atoms with Crippen LogP contribution in [0.2, 0.25) is 0 Å². The Labute approximate surface area is 185 Å². The molecule has 3 aromatic rings. The first-order chi connectivity index (χ1) is 14.6. The fourth-order valence-electron chi connectivity index (χ4n) is 3.36.